The van der Waals surface area contributed by atoms with Crippen LogP contribution in [-0.2, 0) is 0 Å². The van der Waals surface area contributed by atoms with Crippen LogP contribution in [0.3, 0.4) is 0 Å². The molecule has 2 fully saturated rings. The van der Waals surface area contributed by atoms with Crippen molar-refractivity contribution >= 4 is 5.69 Å². The second-order valence-electron chi connectivity index (χ2n) is 6.03. The van der Waals surface area contributed by atoms with Crippen LogP contribution in [0.1, 0.15) is 30.4 Å². The van der Waals surface area contributed by atoms with Crippen LogP contribution in [0.15, 0.2) is 18.2 Å². The van der Waals surface area contributed by atoms with Gasteiger partial charge in [-0.25, -0.2) is 0 Å². The van der Waals surface area contributed by atoms with Crippen molar-refractivity contribution < 1.29 is 0 Å². The summed E-state index contributed by atoms with van der Waals surface area (Å²) < 4.78 is 0. The second-order valence-corrected chi connectivity index (χ2v) is 6.03. The third-order valence-corrected chi connectivity index (χ3v) is 4.85. The van der Waals surface area contributed by atoms with Gasteiger partial charge in [-0.05, 0) is 55.4 Å². The lowest BCUT2D eigenvalue weighted by Crippen LogP contribution is -2.38. The molecule has 3 unspecified atom stereocenters. The second kappa shape index (κ2) is 4.86. The van der Waals surface area contributed by atoms with Gasteiger partial charge in [0, 0.05) is 24.8 Å². The summed E-state index contributed by atoms with van der Waals surface area (Å²) in [6.07, 6.45) is 3.79. The fourth-order valence-electron chi connectivity index (χ4n) is 3.70. The molecule has 2 N–H and O–H groups in total. The average Bonchev–Trinajstić information content (AvgIpc) is 2.84. The Kier molecular flexibility index (Phi) is 3.20. The first-order valence-electron chi connectivity index (χ1n) is 7.20. The lowest BCUT2D eigenvalue weighted by molar-refractivity contribution is 0.260. The molecule has 1 saturated carbocycles. The van der Waals surface area contributed by atoms with Crippen LogP contribution < -0.4 is 10.6 Å². The van der Waals surface area contributed by atoms with E-state index >= 15 is 0 Å². The first kappa shape index (κ1) is 12.5. The van der Waals surface area contributed by atoms with E-state index in [1.165, 1.54) is 24.9 Å². The van der Waals surface area contributed by atoms with Crippen molar-refractivity contribution in [2.45, 2.75) is 32.2 Å². The molecule has 3 nitrogen and oxygen atoms in total. The Bertz CT molecular complexity index is 517. The standard InChI is InChI=1S/C16H21N3/c1-11-7-14(6-5-12(11)8-17)19-9-13-3-2-4-16(18)15(13)10-19/h5-7,13,15-16H,2-4,9-10,18H2,1H3. The monoisotopic (exact) mass is 255 g/mol. The fraction of sp³-hybridized carbons (Fsp3) is 0.562. The smallest absolute Gasteiger partial charge is 0.0994 e. The van der Waals surface area contributed by atoms with Gasteiger partial charge in [-0.3, -0.25) is 0 Å². The summed E-state index contributed by atoms with van der Waals surface area (Å²) in [6.45, 7) is 4.22. The topological polar surface area (TPSA) is 53.0 Å². The fourth-order valence-corrected chi connectivity index (χ4v) is 3.70. The van der Waals surface area contributed by atoms with Crippen molar-refractivity contribution in [3.63, 3.8) is 0 Å². The maximum absolute atomic E-state index is 9.00. The van der Waals surface area contributed by atoms with Crippen LogP contribution in [0, 0.1) is 30.1 Å². The Labute approximate surface area is 115 Å². The van der Waals surface area contributed by atoms with Crippen LogP contribution in [0.5, 0.6) is 0 Å². The van der Waals surface area contributed by atoms with Gasteiger partial charge in [0.25, 0.3) is 0 Å². The highest BCUT2D eigenvalue weighted by Crippen LogP contribution is 2.37. The lowest BCUT2D eigenvalue weighted by atomic mass is 9.78. The van der Waals surface area contributed by atoms with Gasteiger partial charge in [0.1, 0.15) is 0 Å². The maximum Gasteiger partial charge on any atom is 0.0994 e. The molecule has 0 radical (unpaired) electrons. The van der Waals surface area contributed by atoms with E-state index in [0.717, 1.165) is 30.1 Å². The number of aryl methyl sites for hydroxylation is 1. The van der Waals surface area contributed by atoms with Crippen molar-refractivity contribution in [1.29, 1.82) is 5.26 Å². The van der Waals surface area contributed by atoms with E-state index in [1.807, 2.05) is 13.0 Å². The molecule has 100 valence electrons. The minimum Gasteiger partial charge on any atom is -0.371 e. The van der Waals surface area contributed by atoms with Gasteiger partial charge in [0.05, 0.1) is 11.6 Å². The summed E-state index contributed by atoms with van der Waals surface area (Å²) in [5.41, 5.74) is 9.36. The van der Waals surface area contributed by atoms with E-state index in [1.54, 1.807) is 0 Å². The zero-order chi connectivity index (χ0) is 13.4. The quantitative estimate of drug-likeness (QED) is 0.838. The van der Waals surface area contributed by atoms with E-state index in [2.05, 4.69) is 23.1 Å². The van der Waals surface area contributed by atoms with Crippen LogP contribution in [0.25, 0.3) is 0 Å². The Hall–Kier alpha value is -1.53. The number of hydrogen-bond acceptors (Lipinski definition) is 3. The summed E-state index contributed by atoms with van der Waals surface area (Å²) in [5.74, 6) is 1.42. The molecule has 1 aliphatic heterocycles. The van der Waals surface area contributed by atoms with Crippen LogP contribution in [-0.4, -0.2) is 19.1 Å². The van der Waals surface area contributed by atoms with Gasteiger partial charge in [-0.2, -0.15) is 5.26 Å². The van der Waals surface area contributed by atoms with E-state index < -0.39 is 0 Å². The third kappa shape index (κ3) is 2.21. The van der Waals surface area contributed by atoms with Gasteiger partial charge in [0.15, 0.2) is 0 Å². The van der Waals surface area contributed by atoms with Crippen molar-refractivity contribution in [3.8, 4) is 6.07 Å². The molecule has 0 spiro atoms. The summed E-state index contributed by atoms with van der Waals surface area (Å²) in [4.78, 5) is 2.45. The number of nitrogens with two attached hydrogens (primary N) is 1. The zero-order valence-electron chi connectivity index (χ0n) is 11.5. The molecule has 1 aromatic rings. The number of nitriles is 1. The number of rotatable bonds is 1. The number of benzene rings is 1. The Balaban J connectivity index is 1.81. The van der Waals surface area contributed by atoms with Gasteiger partial charge >= 0.3 is 0 Å². The highest BCUT2D eigenvalue weighted by molar-refractivity contribution is 5.54. The predicted octanol–water partition coefficient (Wildman–Crippen LogP) is 2.43. The Morgan fingerprint density at radius 1 is 1.32 bits per heavy atom. The first-order chi connectivity index (χ1) is 9.19. The van der Waals surface area contributed by atoms with Crippen molar-refractivity contribution in [3.05, 3.63) is 29.3 Å². The SMILES string of the molecule is Cc1cc(N2CC3CCCC(N)C3C2)ccc1C#N. The highest BCUT2D eigenvalue weighted by Gasteiger charge is 2.38. The number of anilines is 1. The molecule has 3 rings (SSSR count). The Morgan fingerprint density at radius 2 is 2.16 bits per heavy atom. The van der Waals surface area contributed by atoms with E-state index in [0.29, 0.717) is 12.0 Å². The van der Waals surface area contributed by atoms with Crippen molar-refractivity contribution in [1.82, 2.24) is 0 Å². The Morgan fingerprint density at radius 3 is 2.84 bits per heavy atom. The molecule has 0 aromatic heterocycles. The molecule has 3 atom stereocenters. The molecule has 1 aromatic carbocycles. The lowest BCUT2D eigenvalue weighted by Gasteiger charge is -2.29. The van der Waals surface area contributed by atoms with Crippen molar-refractivity contribution in [2.75, 3.05) is 18.0 Å². The zero-order valence-corrected chi connectivity index (χ0v) is 11.5. The van der Waals surface area contributed by atoms with Crippen LogP contribution in [0.2, 0.25) is 0 Å². The minimum atomic E-state index is 0.378. The normalized spacial score (nSPS) is 29.9. The van der Waals surface area contributed by atoms with E-state index in [9.17, 15) is 0 Å². The number of hydrogen-bond donors (Lipinski definition) is 1. The van der Waals surface area contributed by atoms with Gasteiger partial charge in [-0.1, -0.05) is 6.42 Å². The number of fused-ring (bicyclic) bond motifs is 1. The largest absolute Gasteiger partial charge is 0.371 e. The van der Waals surface area contributed by atoms with Gasteiger partial charge in [-0.15, -0.1) is 0 Å². The molecule has 1 aliphatic carbocycles. The van der Waals surface area contributed by atoms with E-state index in [-0.39, 0.29) is 0 Å². The maximum atomic E-state index is 9.00. The van der Waals surface area contributed by atoms with Crippen molar-refractivity contribution in [2.24, 2.45) is 17.6 Å². The van der Waals surface area contributed by atoms with Gasteiger partial charge in [0.2, 0.25) is 0 Å². The molecule has 2 aliphatic rings. The molecule has 3 heteroatoms. The molecule has 0 amide bonds. The highest BCUT2D eigenvalue weighted by atomic mass is 15.2. The number of nitrogens with zero attached hydrogens (tertiary/aromatic N) is 2. The van der Waals surface area contributed by atoms with Gasteiger partial charge < -0.3 is 10.6 Å². The predicted molar refractivity (Wildman–Crippen MR) is 76.9 cm³/mol. The molecular formula is C16H21N3. The van der Waals surface area contributed by atoms with E-state index in [4.69, 9.17) is 11.0 Å². The molecule has 0 bridgehead atoms. The summed E-state index contributed by atoms with van der Waals surface area (Å²) in [7, 11) is 0. The third-order valence-electron chi connectivity index (χ3n) is 4.85. The van der Waals surface area contributed by atoms with Crippen LogP contribution in [0.4, 0.5) is 5.69 Å². The molecule has 19 heavy (non-hydrogen) atoms. The minimum absolute atomic E-state index is 0.378. The summed E-state index contributed by atoms with van der Waals surface area (Å²) in [5, 5.41) is 9.00. The molecule has 1 saturated heterocycles. The average molecular weight is 255 g/mol. The summed E-state index contributed by atoms with van der Waals surface area (Å²) in [6, 6.07) is 8.76. The molecular weight excluding hydrogens is 234 g/mol. The first-order valence-corrected chi connectivity index (χ1v) is 7.20. The summed E-state index contributed by atoms with van der Waals surface area (Å²) >= 11 is 0. The van der Waals surface area contributed by atoms with Crippen LogP contribution >= 0.6 is 0 Å². The molecule has 1 heterocycles.